The van der Waals surface area contributed by atoms with Crippen LogP contribution in [0.2, 0.25) is 0 Å². The molecule has 0 bridgehead atoms. The van der Waals surface area contributed by atoms with Crippen LogP contribution in [0.15, 0.2) is 23.4 Å². The predicted molar refractivity (Wildman–Crippen MR) is 105 cm³/mol. The van der Waals surface area contributed by atoms with Crippen molar-refractivity contribution in [3.8, 4) is 0 Å². The number of rotatable bonds is 1. The van der Waals surface area contributed by atoms with Crippen molar-refractivity contribution in [1.29, 1.82) is 0 Å². The zero-order valence-electron chi connectivity index (χ0n) is 16.5. The molecule has 0 aromatic rings. The summed E-state index contributed by atoms with van der Waals surface area (Å²) in [7, 11) is 0. The molecule has 3 fully saturated rings. The Balaban J connectivity index is 1.43. The fourth-order valence-electron chi connectivity index (χ4n) is 7.87. The van der Waals surface area contributed by atoms with E-state index in [0.717, 1.165) is 17.8 Å². The highest BCUT2D eigenvalue weighted by molar-refractivity contribution is 5.29. The van der Waals surface area contributed by atoms with Crippen molar-refractivity contribution in [2.45, 2.75) is 84.5 Å². The molecule has 2 saturated carbocycles. The smallest absolute Gasteiger partial charge is 0.0175 e. The molecule has 0 aromatic heterocycles. The van der Waals surface area contributed by atoms with Gasteiger partial charge < -0.3 is 4.90 Å². The van der Waals surface area contributed by atoms with Gasteiger partial charge in [0, 0.05) is 24.2 Å². The van der Waals surface area contributed by atoms with Crippen LogP contribution in [0.4, 0.5) is 0 Å². The number of likely N-dealkylation sites (tertiary alicyclic amines) is 1. The Bertz CT molecular complexity index is 595. The molecule has 1 heterocycles. The first-order valence-electron chi connectivity index (χ1n) is 11.3. The molecule has 0 spiro atoms. The SMILES string of the molecule is C[C@]12CCCCC1=CC[C@@H]1[C@H]2CC[C@]2(C)C(N3CCCCC3)=CC[C@@H]12. The summed E-state index contributed by atoms with van der Waals surface area (Å²) in [5.41, 5.74) is 4.65. The highest BCUT2D eigenvalue weighted by Gasteiger charge is 2.56. The standard InChI is InChI=1S/C24H37N/c1-23-14-5-4-8-18(23)9-10-19-20-11-12-22(25-16-6-3-7-17-25)24(20,2)15-13-21(19)23/h9,12,19-21H,3-8,10-11,13-17H2,1-2H3/t19-,20-,21+,23-,24-/m0/s1. The van der Waals surface area contributed by atoms with Crippen LogP contribution >= 0.6 is 0 Å². The maximum atomic E-state index is 2.79. The number of fused-ring (bicyclic) bond motifs is 5. The van der Waals surface area contributed by atoms with E-state index in [2.05, 4.69) is 30.9 Å². The average Bonchev–Trinajstić information content (AvgIpc) is 2.99. The van der Waals surface area contributed by atoms with Gasteiger partial charge in [0.25, 0.3) is 0 Å². The highest BCUT2D eigenvalue weighted by atomic mass is 15.2. The average molecular weight is 340 g/mol. The molecule has 4 aliphatic carbocycles. The number of nitrogens with zero attached hydrogens (tertiary/aromatic N) is 1. The molecule has 1 aliphatic heterocycles. The molecule has 5 aliphatic rings. The molecule has 5 rings (SSSR count). The van der Waals surface area contributed by atoms with Crippen LogP contribution < -0.4 is 0 Å². The second-order valence-electron chi connectivity index (χ2n) is 10.3. The molecule has 1 saturated heterocycles. The fraction of sp³-hybridized carbons (Fsp3) is 0.833. The van der Waals surface area contributed by atoms with E-state index in [1.807, 2.05) is 5.57 Å². The summed E-state index contributed by atoms with van der Waals surface area (Å²) in [6.45, 7) is 7.93. The molecule has 5 atom stereocenters. The second kappa shape index (κ2) is 5.89. The predicted octanol–water partition coefficient (Wildman–Crippen LogP) is 6.32. The van der Waals surface area contributed by atoms with Crippen LogP contribution in [0.1, 0.15) is 84.5 Å². The van der Waals surface area contributed by atoms with Crippen LogP contribution in [0, 0.1) is 28.6 Å². The van der Waals surface area contributed by atoms with Gasteiger partial charge in [-0.1, -0.05) is 38.0 Å². The van der Waals surface area contributed by atoms with Crippen LogP contribution in [0.5, 0.6) is 0 Å². The van der Waals surface area contributed by atoms with Crippen molar-refractivity contribution in [3.05, 3.63) is 23.4 Å². The number of hydrogen-bond acceptors (Lipinski definition) is 1. The first-order valence-corrected chi connectivity index (χ1v) is 11.3. The van der Waals surface area contributed by atoms with Crippen LogP contribution in [0.3, 0.4) is 0 Å². The van der Waals surface area contributed by atoms with Gasteiger partial charge in [0.15, 0.2) is 0 Å². The minimum absolute atomic E-state index is 0.481. The summed E-state index contributed by atoms with van der Waals surface area (Å²) < 4.78 is 0. The second-order valence-corrected chi connectivity index (χ2v) is 10.3. The van der Waals surface area contributed by atoms with Crippen molar-refractivity contribution in [2.24, 2.45) is 28.6 Å². The number of piperidine rings is 1. The van der Waals surface area contributed by atoms with Crippen molar-refractivity contribution < 1.29 is 0 Å². The first-order chi connectivity index (χ1) is 12.1. The zero-order valence-corrected chi connectivity index (χ0v) is 16.5. The Morgan fingerprint density at radius 3 is 2.52 bits per heavy atom. The van der Waals surface area contributed by atoms with Gasteiger partial charge >= 0.3 is 0 Å². The summed E-state index contributed by atoms with van der Waals surface area (Å²) >= 11 is 0. The summed E-state index contributed by atoms with van der Waals surface area (Å²) in [5, 5.41) is 0. The lowest BCUT2D eigenvalue weighted by molar-refractivity contribution is -0.0261. The lowest BCUT2D eigenvalue weighted by atomic mass is 9.48. The third-order valence-corrected chi connectivity index (χ3v) is 9.25. The molecule has 0 N–H and O–H groups in total. The Kier molecular flexibility index (Phi) is 3.88. The molecule has 0 amide bonds. The maximum Gasteiger partial charge on any atom is 0.0175 e. The molecule has 0 unspecified atom stereocenters. The monoisotopic (exact) mass is 339 g/mol. The van der Waals surface area contributed by atoms with E-state index in [0.29, 0.717) is 10.8 Å². The highest BCUT2D eigenvalue weighted by Crippen LogP contribution is 2.65. The number of hydrogen-bond donors (Lipinski definition) is 0. The van der Waals surface area contributed by atoms with Crippen molar-refractivity contribution in [3.63, 3.8) is 0 Å². The van der Waals surface area contributed by atoms with Gasteiger partial charge in [0.05, 0.1) is 0 Å². The van der Waals surface area contributed by atoms with Gasteiger partial charge in [-0.25, -0.2) is 0 Å². The van der Waals surface area contributed by atoms with E-state index in [4.69, 9.17) is 0 Å². The Hall–Kier alpha value is -0.720. The van der Waals surface area contributed by atoms with Crippen molar-refractivity contribution in [2.75, 3.05) is 13.1 Å². The number of allylic oxidation sites excluding steroid dienone is 4. The third-order valence-electron chi connectivity index (χ3n) is 9.25. The summed E-state index contributed by atoms with van der Waals surface area (Å²) in [4.78, 5) is 2.79. The summed E-state index contributed by atoms with van der Waals surface area (Å²) in [6.07, 6.45) is 21.1. The Morgan fingerprint density at radius 1 is 0.840 bits per heavy atom. The topological polar surface area (TPSA) is 3.24 Å². The van der Waals surface area contributed by atoms with Gasteiger partial charge in [-0.2, -0.15) is 0 Å². The maximum absolute atomic E-state index is 2.79. The normalized spacial score (nSPS) is 46.6. The van der Waals surface area contributed by atoms with Crippen molar-refractivity contribution in [1.82, 2.24) is 4.90 Å². The summed E-state index contributed by atoms with van der Waals surface area (Å²) in [5.74, 6) is 2.84. The minimum atomic E-state index is 0.481. The fourth-order valence-corrected chi connectivity index (χ4v) is 7.87. The molecule has 1 nitrogen and oxygen atoms in total. The van der Waals surface area contributed by atoms with Crippen molar-refractivity contribution >= 4 is 0 Å². The molecular formula is C24H37N. The van der Waals surface area contributed by atoms with Gasteiger partial charge in [-0.15, -0.1) is 0 Å². The quantitative estimate of drug-likeness (QED) is 0.505. The van der Waals surface area contributed by atoms with E-state index in [1.165, 1.54) is 83.7 Å². The molecule has 1 heteroatoms. The third kappa shape index (κ3) is 2.33. The largest absolute Gasteiger partial charge is 0.375 e. The van der Waals surface area contributed by atoms with E-state index >= 15 is 0 Å². The Labute approximate surface area is 154 Å². The lowest BCUT2D eigenvalue weighted by Gasteiger charge is -2.58. The van der Waals surface area contributed by atoms with Gasteiger partial charge in [0.1, 0.15) is 0 Å². The van der Waals surface area contributed by atoms with E-state index in [-0.39, 0.29) is 0 Å². The minimum Gasteiger partial charge on any atom is -0.375 e. The van der Waals surface area contributed by atoms with Crippen LogP contribution in [-0.4, -0.2) is 18.0 Å². The molecule has 25 heavy (non-hydrogen) atoms. The van der Waals surface area contributed by atoms with E-state index in [1.54, 1.807) is 5.70 Å². The first kappa shape index (κ1) is 16.5. The van der Waals surface area contributed by atoms with Gasteiger partial charge in [0.2, 0.25) is 0 Å². The van der Waals surface area contributed by atoms with Gasteiger partial charge in [-0.3, -0.25) is 0 Å². The van der Waals surface area contributed by atoms with Crippen LogP contribution in [0.25, 0.3) is 0 Å². The van der Waals surface area contributed by atoms with E-state index in [9.17, 15) is 0 Å². The molecule has 138 valence electrons. The summed E-state index contributed by atoms with van der Waals surface area (Å²) in [6, 6.07) is 0. The molecule has 0 radical (unpaired) electrons. The lowest BCUT2D eigenvalue weighted by Crippen LogP contribution is -2.50. The zero-order chi connectivity index (χ0) is 17.1. The Morgan fingerprint density at radius 2 is 1.68 bits per heavy atom. The van der Waals surface area contributed by atoms with E-state index < -0.39 is 0 Å². The van der Waals surface area contributed by atoms with Gasteiger partial charge in [-0.05, 0) is 87.4 Å². The molecule has 0 aromatic carbocycles. The van der Waals surface area contributed by atoms with Crippen LogP contribution in [-0.2, 0) is 0 Å². The molecular weight excluding hydrogens is 302 g/mol.